The summed E-state index contributed by atoms with van der Waals surface area (Å²) in [4.78, 5) is 26.4. The Morgan fingerprint density at radius 1 is 0.939 bits per heavy atom. The van der Waals surface area contributed by atoms with Crippen LogP contribution in [0, 0.1) is 0 Å². The Hall–Kier alpha value is -4.72. The minimum atomic E-state index is -0.925. The van der Waals surface area contributed by atoms with Crippen molar-refractivity contribution in [3.05, 3.63) is 93.6 Å². The van der Waals surface area contributed by atoms with Crippen molar-refractivity contribution in [2.75, 3.05) is 12.8 Å². The summed E-state index contributed by atoms with van der Waals surface area (Å²) >= 11 is 0. The molecule has 33 heavy (non-hydrogen) atoms. The highest BCUT2D eigenvalue weighted by molar-refractivity contribution is 6.05. The molecule has 0 saturated carbocycles. The molecule has 0 saturated heterocycles. The molecule has 0 spiro atoms. The molecule has 8 nitrogen and oxygen atoms in total. The second-order valence-electron chi connectivity index (χ2n) is 7.30. The van der Waals surface area contributed by atoms with Gasteiger partial charge in [-0.3, -0.25) is 9.36 Å². The number of rotatable bonds is 4. The van der Waals surface area contributed by atoms with Gasteiger partial charge < -0.3 is 24.7 Å². The zero-order valence-corrected chi connectivity index (χ0v) is 17.4. The lowest BCUT2D eigenvalue weighted by atomic mass is 10.1. The Kier molecular flexibility index (Phi) is 4.75. The molecule has 0 unspecified atom stereocenters. The summed E-state index contributed by atoms with van der Waals surface area (Å²) in [5.74, 6) is -0.330. The van der Waals surface area contributed by atoms with Crippen LogP contribution >= 0.6 is 0 Å². The van der Waals surface area contributed by atoms with Crippen LogP contribution in [-0.4, -0.2) is 16.8 Å². The van der Waals surface area contributed by atoms with Crippen molar-refractivity contribution in [3.8, 4) is 28.7 Å². The number of hydrogen-bond donors (Lipinski definition) is 2. The van der Waals surface area contributed by atoms with Crippen LogP contribution < -0.4 is 26.4 Å². The first kappa shape index (κ1) is 20.2. The maximum Gasteiger partial charge on any atom is 0.383 e. The van der Waals surface area contributed by atoms with Crippen LogP contribution in [0.2, 0.25) is 0 Å². The SMILES string of the molecule is COc1ccc2c3oc(=O)c(Oc4ccc(N)cc4)c(O)c3c(=O)n(-c3ccccc3)c2c1. The van der Waals surface area contributed by atoms with Crippen molar-refractivity contribution in [2.45, 2.75) is 0 Å². The molecule has 0 aliphatic carbocycles. The number of nitrogen functional groups attached to an aromatic ring is 1. The molecule has 5 rings (SSSR count). The second-order valence-corrected chi connectivity index (χ2v) is 7.30. The van der Waals surface area contributed by atoms with E-state index >= 15 is 0 Å². The van der Waals surface area contributed by atoms with Crippen LogP contribution in [-0.2, 0) is 0 Å². The van der Waals surface area contributed by atoms with E-state index in [1.54, 1.807) is 54.6 Å². The number of para-hydroxylation sites is 1. The molecule has 0 aliphatic heterocycles. The van der Waals surface area contributed by atoms with E-state index in [-0.39, 0.29) is 16.7 Å². The van der Waals surface area contributed by atoms with E-state index in [0.717, 1.165) is 0 Å². The predicted octanol–water partition coefficient (Wildman–Crippen LogP) is 4.19. The average Bonchev–Trinajstić information content (AvgIpc) is 2.83. The van der Waals surface area contributed by atoms with Crippen LogP contribution in [0.5, 0.6) is 23.0 Å². The van der Waals surface area contributed by atoms with E-state index in [1.807, 2.05) is 6.07 Å². The number of hydrogen-bond acceptors (Lipinski definition) is 7. The first-order chi connectivity index (χ1) is 16.0. The van der Waals surface area contributed by atoms with E-state index in [0.29, 0.717) is 28.0 Å². The maximum atomic E-state index is 13.7. The first-order valence-electron chi connectivity index (χ1n) is 9.99. The molecule has 0 radical (unpaired) electrons. The highest BCUT2D eigenvalue weighted by Gasteiger charge is 2.24. The highest BCUT2D eigenvalue weighted by Crippen LogP contribution is 2.36. The van der Waals surface area contributed by atoms with Gasteiger partial charge in [0.15, 0.2) is 11.3 Å². The number of ether oxygens (including phenoxy) is 2. The molecular formula is C25H18N2O6. The van der Waals surface area contributed by atoms with Gasteiger partial charge in [-0.1, -0.05) is 18.2 Å². The molecule has 5 aromatic rings. The quantitative estimate of drug-likeness (QED) is 0.317. The Bertz CT molecular complexity index is 1620. The van der Waals surface area contributed by atoms with Crippen LogP contribution in [0.4, 0.5) is 5.69 Å². The molecule has 3 aromatic carbocycles. The molecule has 3 N–H and O–H groups in total. The van der Waals surface area contributed by atoms with Gasteiger partial charge in [0.2, 0.25) is 0 Å². The molecule has 0 amide bonds. The lowest BCUT2D eigenvalue weighted by molar-refractivity contribution is 0.387. The standard InChI is InChI=1S/C25H18N2O6/c1-31-17-11-12-18-19(13-17)27(15-5-3-2-4-6-15)24(29)20-21(28)23(25(30)33-22(18)20)32-16-9-7-14(26)8-10-16/h2-13,28H,26H2,1H3. The Labute approximate surface area is 186 Å². The van der Waals surface area contributed by atoms with Crippen molar-refractivity contribution in [1.82, 2.24) is 4.57 Å². The van der Waals surface area contributed by atoms with Crippen molar-refractivity contribution >= 4 is 27.6 Å². The Morgan fingerprint density at radius 2 is 1.64 bits per heavy atom. The molecular weight excluding hydrogens is 424 g/mol. The molecule has 0 bridgehead atoms. The van der Waals surface area contributed by atoms with Crippen LogP contribution in [0.1, 0.15) is 0 Å². The monoisotopic (exact) mass is 442 g/mol. The van der Waals surface area contributed by atoms with Crippen molar-refractivity contribution < 1.29 is 19.0 Å². The molecule has 0 aliphatic rings. The number of pyridine rings is 1. The number of aromatic nitrogens is 1. The lowest BCUT2D eigenvalue weighted by Crippen LogP contribution is -2.20. The van der Waals surface area contributed by atoms with Crippen LogP contribution in [0.15, 0.2) is 86.8 Å². The predicted molar refractivity (Wildman–Crippen MR) is 125 cm³/mol. The third kappa shape index (κ3) is 3.34. The minimum Gasteiger partial charge on any atom is -0.503 e. The summed E-state index contributed by atoms with van der Waals surface area (Å²) < 4.78 is 17.8. The fourth-order valence-corrected chi connectivity index (χ4v) is 3.71. The number of anilines is 1. The van der Waals surface area contributed by atoms with Gasteiger partial charge in [0.25, 0.3) is 11.3 Å². The zero-order valence-electron chi connectivity index (χ0n) is 17.4. The van der Waals surface area contributed by atoms with Crippen LogP contribution in [0.3, 0.4) is 0 Å². The molecule has 2 aromatic heterocycles. The fraction of sp³-hybridized carbons (Fsp3) is 0.0400. The van der Waals surface area contributed by atoms with Gasteiger partial charge >= 0.3 is 5.63 Å². The van der Waals surface area contributed by atoms with Gasteiger partial charge in [0, 0.05) is 22.8 Å². The molecule has 0 atom stereocenters. The summed E-state index contributed by atoms with van der Waals surface area (Å²) in [7, 11) is 1.51. The number of methoxy groups -OCH3 is 1. The Balaban J connectivity index is 1.87. The zero-order chi connectivity index (χ0) is 23.1. The third-order valence-electron chi connectivity index (χ3n) is 5.28. The van der Waals surface area contributed by atoms with E-state index in [1.165, 1.54) is 23.8 Å². The summed E-state index contributed by atoms with van der Waals surface area (Å²) in [6, 6.07) is 20.2. The van der Waals surface area contributed by atoms with Crippen LogP contribution in [0.25, 0.3) is 27.6 Å². The van der Waals surface area contributed by atoms with Gasteiger partial charge in [-0.2, -0.15) is 0 Å². The number of nitrogens with two attached hydrogens (primary N) is 1. The maximum absolute atomic E-state index is 13.7. The molecule has 2 heterocycles. The fourth-order valence-electron chi connectivity index (χ4n) is 3.71. The molecule has 0 fully saturated rings. The molecule has 8 heteroatoms. The highest BCUT2D eigenvalue weighted by atomic mass is 16.5. The Morgan fingerprint density at radius 3 is 2.33 bits per heavy atom. The summed E-state index contributed by atoms with van der Waals surface area (Å²) in [6.45, 7) is 0. The summed E-state index contributed by atoms with van der Waals surface area (Å²) in [5, 5.41) is 11.3. The van der Waals surface area contributed by atoms with E-state index < -0.39 is 22.7 Å². The average molecular weight is 442 g/mol. The van der Waals surface area contributed by atoms with E-state index in [9.17, 15) is 14.7 Å². The van der Waals surface area contributed by atoms with Crippen molar-refractivity contribution in [3.63, 3.8) is 0 Å². The number of benzene rings is 3. The summed E-state index contributed by atoms with van der Waals surface area (Å²) in [5.41, 5.74) is 5.65. The molecule has 164 valence electrons. The third-order valence-corrected chi connectivity index (χ3v) is 5.28. The van der Waals surface area contributed by atoms with Gasteiger partial charge in [0.05, 0.1) is 12.6 Å². The van der Waals surface area contributed by atoms with E-state index in [4.69, 9.17) is 19.6 Å². The summed E-state index contributed by atoms with van der Waals surface area (Å²) in [6.07, 6.45) is 0. The normalized spacial score (nSPS) is 11.1. The number of fused-ring (bicyclic) bond motifs is 3. The van der Waals surface area contributed by atoms with Crippen molar-refractivity contribution in [1.29, 1.82) is 0 Å². The smallest absolute Gasteiger partial charge is 0.383 e. The first-order valence-corrected chi connectivity index (χ1v) is 9.99. The van der Waals surface area contributed by atoms with Crippen molar-refractivity contribution in [2.24, 2.45) is 0 Å². The minimum absolute atomic E-state index is 0.0445. The largest absolute Gasteiger partial charge is 0.503 e. The van der Waals surface area contributed by atoms with Gasteiger partial charge in [-0.05, 0) is 48.5 Å². The van der Waals surface area contributed by atoms with Gasteiger partial charge in [0.1, 0.15) is 16.9 Å². The van der Waals surface area contributed by atoms with E-state index in [2.05, 4.69) is 0 Å². The lowest BCUT2D eigenvalue weighted by Gasteiger charge is -2.15. The van der Waals surface area contributed by atoms with Gasteiger partial charge in [-0.15, -0.1) is 0 Å². The number of aromatic hydroxyl groups is 1. The topological polar surface area (TPSA) is 117 Å². The van der Waals surface area contributed by atoms with Gasteiger partial charge in [-0.25, -0.2) is 4.79 Å². The number of nitrogens with zero attached hydrogens (tertiary/aromatic N) is 1. The second kappa shape index (κ2) is 7.76.